The lowest BCUT2D eigenvalue weighted by Gasteiger charge is -2.18. The van der Waals surface area contributed by atoms with Crippen molar-refractivity contribution in [1.82, 2.24) is 14.3 Å². The predicted octanol–water partition coefficient (Wildman–Crippen LogP) is 4.22. The van der Waals surface area contributed by atoms with Crippen LogP contribution in [-0.2, 0) is 13.1 Å². The summed E-state index contributed by atoms with van der Waals surface area (Å²) >= 11 is 0. The maximum absolute atomic E-state index is 6.06. The number of aromatic nitrogens is 2. The summed E-state index contributed by atoms with van der Waals surface area (Å²) in [6.07, 6.45) is 1.94. The Labute approximate surface area is 165 Å². The molecule has 5 heteroatoms. The number of nitrogens with two attached hydrogens (primary N) is 1. The fraction of sp³-hybridized carbons (Fsp3) is 0.174. The molecule has 0 spiro atoms. The Kier molecular flexibility index (Phi) is 5.00. The number of imidazole rings is 1. The van der Waals surface area contributed by atoms with Gasteiger partial charge in [-0.1, -0.05) is 42.5 Å². The number of nitrogens with zero attached hydrogens (tertiary/aromatic N) is 3. The Morgan fingerprint density at radius 1 is 0.964 bits per heavy atom. The van der Waals surface area contributed by atoms with Gasteiger partial charge in [0, 0.05) is 30.5 Å². The van der Waals surface area contributed by atoms with E-state index < -0.39 is 0 Å². The zero-order chi connectivity index (χ0) is 19.5. The Balaban J connectivity index is 1.78. The number of nitrogen functional groups attached to an aromatic ring is 1. The summed E-state index contributed by atoms with van der Waals surface area (Å²) in [5.41, 5.74) is 11.9. The van der Waals surface area contributed by atoms with Crippen LogP contribution in [0.1, 0.15) is 11.3 Å². The van der Waals surface area contributed by atoms with Gasteiger partial charge in [0.05, 0.1) is 18.5 Å². The van der Waals surface area contributed by atoms with Crippen molar-refractivity contribution in [2.24, 2.45) is 0 Å². The first-order valence-electron chi connectivity index (χ1n) is 9.28. The molecule has 0 aliphatic carbocycles. The van der Waals surface area contributed by atoms with Crippen molar-refractivity contribution in [1.29, 1.82) is 0 Å². The number of para-hydroxylation sites is 1. The highest BCUT2D eigenvalue weighted by Crippen LogP contribution is 2.33. The van der Waals surface area contributed by atoms with Crippen LogP contribution in [0.3, 0.4) is 0 Å². The van der Waals surface area contributed by atoms with E-state index in [-0.39, 0.29) is 0 Å². The topological polar surface area (TPSA) is 55.8 Å². The monoisotopic (exact) mass is 372 g/mol. The molecule has 0 aliphatic rings. The molecule has 0 unspecified atom stereocenters. The van der Waals surface area contributed by atoms with Gasteiger partial charge in [-0.05, 0) is 36.9 Å². The molecule has 0 aliphatic heterocycles. The first-order chi connectivity index (χ1) is 13.7. The molecular weight excluding hydrogens is 348 g/mol. The molecule has 28 heavy (non-hydrogen) atoms. The summed E-state index contributed by atoms with van der Waals surface area (Å²) in [5, 5.41) is 0. The zero-order valence-corrected chi connectivity index (χ0v) is 16.2. The van der Waals surface area contributed by atoms with Crippen LogP contribution in [0.5, 0.6) is 5.75 Å². The molecule has 4 aromatic rings. The van der Waals surface area contributed by atoms with E-state index in [1.165, 1.54) is 5.56 Å². The molecule has 0 saturated carbocycles. The second-order valence-electron chi connectivity index (χ2n) is 6.96. The summed E-state index contributed by atoms with van der Waals surface area (Å²) in [5.74, 6) is 0.811. The summed E-state index contributed by atoms with van der Waals surface area (Å²) in [6, 6.07) is 22.3. The molecule has 2 N–H and O–H groups in total. The molecule has 142 valence electrons. The molecule has 0 atom stereocenters. The van der Waals surface area contributed by atoms with Crippen LogP contribution in [0.4, 0.5) is 5.69 Å². The maximum atomic E-state index is 6.06. The van der Waals surface area contributed by atoms with Gasteiger partial charge < -0.3 is 14.9 Å². The second-order valence-corrected chi connectivity index (χ2v) is 6.96. The number of hydrogen-bond acceptors (Lipinski definition) is 4. The van der Waals surface area contributed by atoms with E-state index in [1.807, 2.05) is 48.7 Å². The fourth-order valence-corrected chi connectivity index (χ4v) is 3.52. The van der Waals surface area contributed by atoms with E-state index in [0.29, 0.717) is 5.69 Å². The number of pyridine rings is 1. The number of fused-ring (bicyclic) bond motifs is 1. The second kappa shape index (κ2) is 7.74. The van der Waals surface area contributed by atoms with Gasteiger partial charge in [0.2, 0.25) is 0 Å². The lowest BCUT2D eigenvalue weighted by molar-refractivity contribution is 0.314. The van der Waals surface area contributed by atoms with Gasteiger partial charge in [-0.15, -0.1) is 0 Å². The Morgan fingerprint density at radius 2 is 1.71 bits per heavy atom. The van der Waals surface area contributed by atoms with Crippen LogP contribution < -0.4 is 10.5 Å². The van der Waals surface area contributed by atoms with Crippen molar-refractivity contribution in [3.8, 4) is 17.0 Å². The minimum atomic E-state index is 0.712. The van der Waals surface area contributed by atoms with Crippen LogP contribution in [0.15, 0.2) is 72.9 Å². The minimum absolute atomic E-state index is 0.712. The molecule has 0 fully saturated rings. The van der Waals surface area contributed by atoms with Crippen molar-refractivity contribution in [3.05, 3.63) is 84.2 Å². The highest BCUT2D eigenvalue weighted by molar-refractivity contribution is 5.72. The third-order valence-electron chi connectivity index (χ3n) is 4.82. The van der Waals surface area contributed by atoms with Gasteiger partial charge in [0.15, 0.2) is 0 Å². The number of methoxy groups -OCH3 is 1. The van der Waals surface area contributed by atoms with Gasteiger partial charge >= 0.3 is 0 Å². The Bertz CT molecular complexity index is 1090. The summed E-state index contributed by atoms with van der Waals surface area (Å²) in [7, 11) is 3.80. The van der Waals surface area contributed by atoms with Crippen LogP contribution in [-0.4, -0.2) is 28.4 Å². The minimum Gasteiger partial charge on any atom is -0.496 e. The fourth-order valence-electron chi connectivity index (χ4n) is 3.52. The number of anilines is 1. The summed E-state index contributed by atoms with van der Waals surface area (Å²) in [6.45, 7) is 1.58. The molecule has 2 aromatic carbocycles. The van der Waals surface area contributed by atoms with Gasteiger partial charge in [-0.25, -0.2) is 4.98 Å². The molecule has 0 radical (unpaired) electrons. The van der Waals surface area contributed by atoms with Gasteiger partial charge in [-0.3, -0.25) is 4.90 Å². The van der Waals surface area contributed by atoms with Crippen molar-refractivity contribution in [3.63, 3.8) is 0 Å². The van der Waals surface area contributed by atoms with Crippen LogP contribution in [0.25, 0.3) is 16.9 Å². The molecule has 0 bridgehead atoms. The first-order valence-corrected chi connectivity index (χ1v) is 9.28. The largest absolute Gasteiger partial charge is 0.496 e. The summed E-state index contributed by atoms with van der Waals surface area (Å²) < 4.78 is 7.67. The maximum Gasteiger partial charge on any atom is 0.137 e. The van der Waals surface area contributed by atoms with E-state index in [2.05, 4.69) is 40.6 Å². The van der Waals surface area contributed by atoms with Gasteiger partial charge in [-0.2, -0.15) is 0 Å². The third-order valence-corrected chi connectivity index (χ3v) is 4.82. The standard InChI is InChI=1S/C23H24N4O/c1-26(14-17-8-4-3-5-9-17)16-20-23(19-10-6-7-11-21(19)28-2)25-22-13-12-18(24)15-27(20)22/h3-13,15H,14,16,24H2,1-2H3. The normalized spacial score (nSPS) is 11.2. The van der Waals surface area contributed by atoms with Crippen molar-refractivity contribution < 1.29 is 4.74 Å². The van der Waals surface area contributed by atoms with Crippen molar-refractivity contribution in [2.45, 2.75) is 13.1 Å². The highest BCUT2D eigenvalue weighted by Gasteiger charge is 2.18. The highest BCUT2D eigenvalue weighted by atomic mass is 16.5. The molecule has 2 aromatic heterocycles. The van der Waals surface area contributed by atoms with Crippen LogP contribution in [0, 0.1) is 0 Å². The van der Waals surface area contributed by atoms with Gasteiger partial charge in [0.25, 0.3) is 0 Å². The van der Waals surface area contributed by atoms with Crippen LogP contribution in [0.2, 0.25) is 0 Å². The van der Waals surface area contributed by atoms with Gasteiger partial charge in [0.1, 0.15) is 11.4 Å². The Hall–Kier alpha value is -3.31. The average Bonchev–Trinajstić information content (AvgIpc) is 3.06. The van der Waals surface area contributed by atoms with Crippen molar-refractivity contribution >= 4 is 11.3 Å². The van der Waals surface area contributed by atoms with E-state index in [9.17, 15) is 0 Å². The molecule has 0 amide bonds. The SMILES string of the molecule is COc1ccccc1-c1nc2ccc(N)cn2c1CN(C)Cc1ccccc1. The number of ether oxygens (including phenoxy) is 1. The lowest BCUT2D eigenvalue weighted by atomic mass is 10.1. The number of benzene rings is 2. The average molecular weight is 372 g/mol. The van der Waals surface area contributed by atoms with Crippen LogP contribution >= 0.6 is 0 Å². The molecule has 4 rings (SSSR count). The lowest BCUT2D eigenvalue weighted by Crippen LogP contribution is -2.19. The number of rotatable bonds is 6. The Morgan fingerprint density at radius 3 is 2.50 bits per heavy atom. The molecular formula is C23H24N4O. The zero-order valence-electron chi connectivity index (χ0n) is 16.2. The van der Waals surface area contributed by atoms with Crippen molar-refractivity contribution in [2.75, 3.05) is 19.9 Å². The third kappa shape index (κ3) is 3.57. The van der Waals surface area contributed by atoms with E-state index in [0.717, 1.165) is 41.4 Å². The quantitative estimate of drug-likeness (QED) is 0.550. The smallest absolute Gasteiger partial charge is 0.137 e. The summed E-state index contributed by atoms with van der Waals surface area (Å²) in [4.78, 5) is 7.17. The number of hydrogen-bond donors (Lipinski definition) is 1. The van der Waals surface area contributed by atoms with E-state index >= 15 is 0 Å². The van der Waals surface area contributed by atoms with E-state index in [4.69, 9.17) is 15.5 Å². The first kappa shape index (κ1) is 18.1. The molecule has 0 saturated heterocycles. The molecule has 5 nitrogen and oxygen atoms in total. The predicted molar refractivity (Wildman–Crippen MR) is 113 cm³/mol. The van der Waals surface area contributed by atoms with E-state index in [1.54, 1.807) is 7.11 Å². The molecule has 2 heterocycles.